The standard InChI is InChI=1S/C16H20O4/c1-18-16(17)15-14(10-6-3-7-11-19-15)20-12-13-8-4-2-5-9-13/h2,4-6,8-10,14-15H,3,7,11-12H2,1H3/b10-6-/t14-,15+/m0/s1. The van der Waals surface area contributed by atoms with Gasteiger partial charge in [0.25, 0.3) is 0 Å². The van der Waals surface area contributed by atoms with Crippen LogP contribution in [0.25, 0.3) is 0 Å². The van der Waals surface area contributed by atoms with Gasteiger partial charge in [-0.25, -0.2) is 4.79 Å². The van der Waals surface area contributed by atoms with Gasteiger partial charge in [-0.05, 0) is 18.4 Å². The summed E-state index contributed by atoms with van der Waals surface area (Å²) in [6.45, 7) is 0.974. The van der Waals surface area contributed by atoms with Gasteiger partial charge in [-0.1, -0.05) is 42.5 Å². The first-order valence-electron chi connectivity index (χ1n) is 6.83. The Kier molecular flexibility index (Phi) is 5.77. The quantitative estimate of drug-likeness (QED) is 0.626. The van der Waals surface area contributed by atoms with Gasteiger partial charge >= 0.3 is 5.97 Å². The Balaban J connectivity index is 2.03. The monoisotopic (exact) mass is 276 g/mol. The number of carbonyl (C=O) groups is 1. The Morgan fingerprint density at radius 2 is 2.15 bits per heavy atom. The van der Waals surface area contributed by atoms with Crippen LogP contribution in [-0.2, 0) is 25.6 Å². The number of hydrogen-bond donors (Lipinski definition) is 0. The summed E-state index contributed by atoms with van der Waals surface area (Å²) in [5.41, 5.74) is 1.06. The van der Waals surface area contributed by atoms with Crippen molar-refractivity contribution in [3.05, 3.63) is 48.0 Å². The molecule has 2 rings (SSSR count). The average Bonchev–Trinajstić information content (AvgIpc) is 2.47. The maximum absolute atomic E-state index is 11.8. The van der Waals surface area contributed by atoms with Crippen LogP contribution in [0.15, 0.2) is 42.5 Å². The molecule has 1 aliphatic rings. The summed E-state index contributed by atoms with van der Waals surface area (Å²) in [5, 5.41) is 0. The number of ether oxygens (including phenoxy) is 3. The van der Waals surface area contributed by atoms with Crippen molar-refractivity contribution in [2.75, 3.05) is 13.7 Å². The normalized spacial score (nSPS) is 24.4. The Labute approximate surface area is 119 Å². The molecule has 4 nitrogen and oxygen atoms in total. The van der Waals surface area contributed by atoms with Crippen LogP contribution in [0.2, 0.25) is 0 Å². The number of rotatable bonds is 4. The third-order valence-corrected chi connectivity index (χ3v) is 3.16. The minimum absolute atomic E-state index is 0.394. The van der Waals surface area contributed by atoms with E-state index in [0.717, 1.165) is 18.4 Å². The third kappa shape index (κ3) is 4.18. The molecule has 4 heteroatoms. The number of allylic oxidation sites excluding steroid dienone is 1. The highest BCUT2D eigenvalue weighted by molar-refractivity contribution is 5.75. The number of methoxy groups -OCH3 is 1. The van der Waals surface area contributed by atoms with Gasteiger partial charge < -0.3 is 14.2 Å². The maximum Gasteiger partial charge on any atom is 0.338 e. The lowest BCUT2D eigenvalue weighted by Crippen LogP contribution is -2.39. The molecule has 0 unspecified atom stereocenters. The molecule has 108 valence electrons. The zero-order chi connectivity index (χ0) is 14.2. The van der Waals surface area contributed by atoms with Crippen LogP contribution in [0.4, 0.5) is 0 Å². The fourth-order valence-electron chi connectivity index (χ4n) is 2.07. The van der Waals surface area contributed by atoms with Crippen molar-refractivity contribution in [1.82, 2.24) is 0 Å². The lowest BCUT2D eigenvalue weighted by molar-refractivity contribution is -0.163. The van der Waals surface area contributed by atoms with Crippen molar-refractivity contribution < 1.29 is 19.0 Å². The zero-order valence-corrected chi connectivity index (χ0v) is 11.7. The van der Waals surface area contributed by atoms with Gasteiger partial charge in [0.2, 0.25) is 0 Å². The lowest BCUT2D eigenvalue weighted by Gasteiger charge is -2.24. The molecule has 20 heavy (non-hydrogen) atoms. The second-order valence-electron chi connectivity index (χ2n) is 4.65. The first kappa shape index (κ1) is 14.8. The minimum Gasteiger partial charge on any atom is -0.467 e. The van der Waals surface area contributed by atoms with Crippen molar-refractivity contribution in [3.8, 4) is 0 Å². The Morgan fingerprint density at radius 1 is 1.35 bits per heavy atom. The maximum atomic E-state index is 11.8. The zero-order valence-electron chi connectivity index (χ0n) is 11.7. The van der Waals surface area contributed by atoms with E-state index >= 15 is 0 Å². The molecular weight excluding hydrogens is 256 g/mol. The van der Waals surface area contributed by atoms with Gasteiger partial charge in [-0.3, -0.25) is 0 Å². The molecular formula is C16H20O4. The third-order valence-electron chi connectivity index (χ3n) is 3.16. The van der Waals surface area contributed by atoms with E-state index in [0.29, 0.717) is 13.2 Å². The molecule has 0 saturated heterocycles. The molecule has 1 aromatic rings. The molecule has 0 amide bonds. The number of benzene rings is 1. The topological polar surface area (TPSA) is 44.8 Å². The smallest absolute Gasteiger partial charge is 0.338 e. The predicted molar refractivity (Wildman–Crippen MR) is 75.1 cm³/mol. The summed E-state index contributed by atoms with van der Waals surface area (Å²) >= 11 is 0. The first-order valence-corrected chi connectivity index (χ1v) is 6.83. The largest absolute Gasteiger partial charge is 0.467 e. The lowest BCUT2D eigenvalue weighted by atomic mass is 10.1. The molecule has 1 aromatic carbocycles. The Bertz CT molecular complexity index is 441. The van der Waals surface area contributed by atoms with Crippen LogP contribution in [0.3, 0.4) is 0 Å². The summed E-state index contributed by atoms with van der Waals surface area (Å²) in [7, 11) is 1.36. The second kappa shape index (κ2) is 7.82. The minimum atomic E-state index is -0.694. The Hall–Kier alpha value is -1.65. The van der Waals surface area contributed by atoms with E-state index in [-0.39, 0.29) is 0 Å². The fraction of sp³-hybridized carbons (Fsp3) is 0.438. The highest BCUT2D eigenvalue weighted by atomic mass is 16.6. The molecule has 0 bridgehead atoms. The van der Waals surface area contributed by atoms with E-state index in [1.54, 1.807) is 0 Å². The SMILES string of the molecule is COC(=O)[C@@H]1OCCC/C=C\[C@@H]1OCc1ccccc1. The number of carbonyl (C=O) groups excluding carboxylic acids is 1. The van der Waals surface area contributed by atoms with Crippen LogP contribution in [0, 0.1) is 0 Å². The van der Waals surface area contributed by atoms with Gasteiger partial charge in [0.15, 0.2) is 6.10 Å². The van der Waals surface area contributed by atoms with E-state index in [4.69, 9.17) is 14.2 Å². The van der Waals surface area contributed by atoms with Crippen LogP contribution < -0.4 is 0 Å². The van der Waals surface area contributed by atoms with E-state index in [9.17, 15) is 4.79 Å². The fourth-order valence-corrected chi connectivity index (χ4v) is 2.07. The highest BCUT2D eigenvalue weighted by Crippen LogP contribution is 2.15. The van der Waals surface area contributed by atoms with Crippen molar-refractivity contribution in [2.24, 2.45) is 0 Å². The summed E-state index contributed by atoms with van der Waals surface area (Å²) in [4.78, 5) is 11.8. The highest BCUT2D eigenvalue weighted by Gasteiger charge is 2.29. The second-order valence-corrected chi connectivity index (χ2v) is 4.65. The van der Waals surface area contributed by atoms with Crippen LogP contribution in [0.5, 0.6) is 0 Å². The molecule has 0 saturated carbocycles. The van der Waals surface area contributed by atoms with Crippen molar-refractivity contribution in [1.29, 1.82) is 0 Å². The van der Waals surface area contributed by atoms with E-state index in [2.05, 4.69) is 0 Å². The van der Waals surface area contributed by atoms with Gasteiger partial charge in [0, 0.05) is 6.61 Å². The molecule has 1 aliphatic heterocycles. The molecule has 0 radical (unpaired) electrons. The molecule has 1 heterocycles. The van der Waals surface area contributed by atoms with E-state index in [1.807, 2.05) is 42.5 Å². The van der Waals surface area contributed by atoms with Crippen LogP contribution >= 0.6 is 0 Å². The van der Waals surface area contributed by atoms with Crippen LogP contribution in [-0.4, -0.2) is 31.9 Å². The van der Waals surface area contributed by atoms with Gasteiger partial charge in [-0.15, -0.1) is 0 Å². The van der Waals surface area contributed by atoms with Crippen molar-refractivity contribution in [2.45, 2.75) is 31.7 Å². The van der Waals surface area contributed by atoms with Crippen molar-refractivity contribution in [3.63, 3.8) is 0 Å². The molecule has 2 atom stereocenters. The van der Waals surface area contributed by atoms with Crippen molar-refractivity contribution >= 4 is 5.97 Å². The van der Waals surface area contributed by atoms with Gasteiger partial charge in [0.05, 0.1) is 13.7 Å². The summed E-state index contributed by atoms with van der Waals surface area (Å²) in [5.74, 6) is -0.394. The molecule has 0 spiro atoms. The van der Waals surface area contributed by atoms with Crippen LogP contribution in [0.1, 0.15) is 18.4 Å². The molecule has 0 aromatic heterocycles. The number of hydrogen-bond acceptors (Lipinski definition) is 4. The predicted octanol–water partition coefficient (Wildman–Crippen LogP) is 2.48. The van der Waals surface area contributed by atoms with E-state index in [1.165, 1.54) is 7.11 Å². The molecule has 0 fully saturated rings. The first-order chi connectivity index (χ1) is 9.81. The van der Waals surface area contributed by atoms with Gasteiger partial charge in [0.1, 0.15) is 6.10 Å². The summed E-state index contributed by atoms with van der Waals surface area (Å²) in [6.07, 6.45) is 4.65. The van der Waals surface area contributed by atoms with E-state index < -0.39 is 18.2 Å². The van der Waals surface area contributed by atoms with Gasteiger partial charge in [-0.2, -0.15) is 0 Å². The summed E-state index contributed by atoms with van der Waals surface area (Å²) < 4.78 is 16.2. The molecule has 0 aliphatic carbocycles. The summed E-state index contributed by atoms with van der Waals surface area (Å²) in [6, 6.07) is 9.85. The Morgan fingerprint density at radius 3 is 2.90 bits per heavy atom. The average molecular weight is 276 g/mol. The molecule has 0 N–H and O–H groups in total. The number of esters is 1.